The Balaban J connectivity index is 4.90. The minimum absolute atomic E-state index is 0.144. The van der Waals surface area contributed by atoms with Crippen molar-refractivity contribution in [2.45, 2.75) is 110 Å². The van der Waals surface area contributed by atoms with Crippen molar-refractivity contribution in [3.63, 3.8) is 0 Å². The van der Waals surface area contributed by atoms with Gasteiger partial charge in [-0.1, -0.05) is 0 Å². The van der Waals surface area contributed by atoms with Crippen LogP contribution < -0.4 is 14.6 Å². The van der Waals surface area contributed by atoms with Gasteiger partial charge in [-0.15, -0.1) is 0 Å². The largest absolute Gasteiger partial charge is 0.510 e. The lowest BCUT2D eigenvalue weighted by atomic mass is 10.2. The van der Waals surface area contributed by atoms with E-state index in [0.717, 1.165) is 0 Å². The van der Waals surface area contributed by atoms with Crippen molar-refractivity contribution in [3.8, 4) is 0 Å². The summed E-state index contributed by atoms with van der Waals surface area (Å²) in [6.07, 6.45) is -35.2. The number of alkyl halides is 36. The van der Waals surface area contributed by atoms with Gasteiger partial charge in [0.25, 0.3) is 0 Å². The zero-order chi connectivity index (χ0) is 57.6. The molecule has 432 valence electrons. The molecule has 0 amide bonds. The first kappa shape index (κ1) is 68.4. The average Bonchev–Trinajstić information content (AvgIpc) is 3.21. The van der Waals surface area contributed by atoms with Crippen molar-refractivity contribution >= 4 is 24.1 Å². The van der Waals surface area contributed by atoms with Gasteiger partial charge in [-0.3, -0.25) is 0 Å². The molecule has 0 bridgehead atoms. The van der Waals surface area contributed by atoms with Gasteiger partial charge >= 0.3 is 134 Å². The smallest absolute Gasteiger partial charge is 0.203 e. The van der Waals surface area contributed by atoms with E-state index >= 15 is 0 Å². The summed E-state index contributed by atoms with van der Waals surface area (Å²) in [5, 5.41) is 0. The third-order valence-corrected chi connectivity index (χ3v) is 17.2. The number of hydrogen-bond acceptors (Lipinski definition) is 9. The van der Waals surface area contributed by atoms with Crippen molar-refractivity contribution in [2.75, 3.05) is 39.6 Å². The Bertz CT molecular complexity index is 1450. The lowest BCUT2D eigenvalue weighted by Crippen LogP contribution is -2.56. The summed E-state index contributed by atoms with van der Waals surface area (Å²) in [4.78, 5) is 0.433. The number of hydrogen-bond donors (Lipinski definition) is 3. The fourth-order valence-electron chi connectivity index (χ4n) is 3.61. The van der Waals surface area contributed by atoms with E-state index in [2.05, 4.69) is 27.1 Å². The van der Waals surface area contributed by atoms with E-state index in [1.807, 2.05) is 0 Å². The molecule has 0 aromatic carbocycles. The standard InChI is InChI=1S/C24H21F36N3O6P3/c25-7(26)19(49,50)13(37,38)1-64-70(65-2-14(39,40)20(51,52)8(27)28)61-71(66-3-15(41,42)21(53,54)9(29)30,67-4-16(43,44)22(55,56)10(31)32)63-72(62-70,68-5-17(45,46)23(57,58)11(33)34)69-6-18(47,48)24(59,60)12(35)36/h7-12,61-63H,1-6H2/q+3. The molecule has 0 spiro atoms. The highest BCUT2D eigenvalue weighted by atomic mass is 31.3. The van der Waals surface area contributed by atoms with E-state index in [1.54, 1.807) is 0 Å². The van der Waals surface area contributed by atoms with Crippen LogP contribution >= 0.6 is 24.1 Å². The van der Waals surface area contributed by atoms with E-state index in [4.69, 9.17) is 0 Å². The summed E-state index contributed by atoms with van der Waals surface area (Å²) in [6, 6.07) is 0. The Kier molecular flexibility index (Phi) is 20.9. The van der Waals surface area contributed by atoms with Crippen LogP contribution in [-0.4, -0.2) is 149 Å². The molecule has 1 aliphatic rings. The molecule has 0 aromatic heterocycles. The molecule has 0 saturated carbocycles. The summed E-state index contributed by atoms with van der Waals surface area (Å²) in [5.41, 5.74) is 0. The van der Waals surface area contributed by atoms with Crippen LogP contribution in [0.2, 0.25) is 0 Å². The van der Waals surface area contributed by atoms with Crippen LogP contribution in [0.25, 0.3) is 0 Å². The van der Waals surface area contributed by atoms with E-state index in [9.17, 15) is 158 Å². The monoisotopic (exact) mass is 1220 g/mol. The molecular weight excluding hydrogens is 1200 g/mol. The maximum absolute atomic E-state index is 14.6. The predicted molar refractivity (Wildman–Crippen MR) is 161 cm³/mol. The highest BCUT2D eigenvalue weighted by Crippen LogP contribution is 2.83. The molecule has 1 saturated heterocycles. The number of nitrogens with one attached hydrogen (secondary N) is 3. The summed E-state index contributed by atoms with van der Waals surface area (Å²) in [5.74, 6) is -85.1. The Morgan fingerprint density at radius 1 is 0.222 bits per heavy atom. The first-order valence-corrected chi connectivity index (χ1v) is 21.6. The fraction of sp³-hybridized carbons (Fsp3) is 1.00. The van der Waals surface area contributed by atoms with Crippen molar-refractivity contribution in [1.29, 1.82) is 0 Å². The molecule has 72 heavy (non-hydrogen) atoms. The van der Waals surface area contributed by atoms with Crippen LogP contribution in [0.15, 0.2) is 0 Å². The highest BCUT2D eigenvalue weighted by molar-refractivity contribution is 7.92. The molecule has 0 radical (unpaired) electrons. The quantitative estimate of drug-likeness (QED) is 0.0480. The van der Waals surface area contributed by atoms with E-state index < -0.39 is 173 Å². The van der Waals surface area contributed by atoms with Crippen molar-refractivity contribution in [2.24, 2.45) is 0 Å². The van der Waals surface area contributed by atoms with Gasteiger partial charge in [0.05, 0.1) is 14.6 Å². The molecule has 1 fully saturated rings. The van der Waals surface area contributed by atoms with E-state index in [0.29, 0.717) is 0 Å². The topological polar surface area (TPSA) is 91.5 Å². The fourth-order valence-corrected chi connectivity index (χ4v) is 14.6. The summed E-state index contributed by atoms with van der Waals surface area (Å²) < 4.78 is 520. The van der Waals surface area contributed by atoms with Gasteiger partial charge < -0.3 is 0 Å². The van der Waals surface area contributed by atoms with Gasteiger partial charge in [0.15, 0.2) is 39.6 Å². The Morgan fingerprint density at radius 2 is 0.319 bits per heavy atom. The average molecular weight is 1220 g/mol. The van der Waals surface area contributed by atoms with Crippen LogP contribution in [-0.2, 0) is 27.1 Å². The van der Waals surface area contributed by atoms with Gasteiger partial charge in [-0.2, -0.15) is 133 Å². The van der Waals surface area contributed by atoms with Gasteiger partial charge in [-0.05, 0) is 0 Å². The molecule has 48 heteroatoms. The molecule has 0 atom stereocenters. The molecule has 1 rings (SSSR count). The molecule has 1 aliphatic heterocycles. The molecule has 0 unspecified atom stereocenters. The number of halogens is 36. The first-order chi connectivity index (χ1) is 31.5. The van der Waals surface area contributed by atoms with Crippen molar-refractivity contribution in [3.05, 3.63) is 0 Å². The minimum Gasteiger partial charge on any atom is -0.203 e. The lowest BCUT2D eigenvalue weighted by Gasteiger charge is -2.38. The minimum atomic E-state index is -8.00. The lowest BCUT2D eigenvalue weighted by molar-refractivity contribution is -0.277. The second-order valence-electron chi connectivity index (χ2n) is 13.4. The van der Waals surface area contributed by atoms with Gasteiger partial charge in [0.1, 0.15) is 0 Å². The Morgan fingerprint density at radius 3 is 0.403 bits per heavy atom. The summed E-state index contributed by atoms with van der Waals surface area (Å²) in [6.45, 7) is -25.3. The SMILES string of the molecule is FC(F)C(F)(F)C(F)(F)CO[P+]1(OCC(F)(F)C(F)(F)C(F)F)N[P+](OCC(F)(F)C(F)(F)C(F)F)(OCC(F)(F)C(F)(F)C(F)F)N[P+](OCC(F)(F)C(F)(F)C(F)F)(OCC(F)(F)C(F)(F)C(F)F)N1. The normalized spacial score (nSPS) is 18.8. The highest BCUT2D eigenvalue weighted by Gasteiger charge is 2.85. The second-order valence-corrected chi connectivity index (χ2v) is 20.6. The molecule has 0 aromatic rings. The molecule has 1 heterocycles. The zero-order valence-corrected chi connectivity index (χ0v) is 35.3. The third-order valence-electron chi connectivity index (χ3n) is 7.93. The van der Waals surface area contributed by atoms with Gasteiger partial charge in [0.2, 0.25) is 0 Å². The summed E-state index contributed by atoms with van der Waals surface area (Å²) >= 11 is 0. The van der Waals surface area contributed by atoms with Crippen LogP contribution in [0, 0.1) is 0 Å². The third kappa shape index (κ3) is 14.1. The predicted octanol–water partition coefficient (Wildman–Crippen LogP) is 13.1. The first-order valence-electron chi connectivity index (χ1n) is 16.7. The Labute approximate surface area is 374 Å². The van der Waals surface area contributed by atoms with E-state index in [-0.39, 0.29) is 14.6 Å². The van der Waals surface area contributed by atoms with Crippen LogP contribution in [0.3, 0.4) is 0 Å². The molecular formula is C24H21F36N3O6P3+3. The maximum Gasteiger partial charge on any atom is 0.510 e. The molecule has 0 aliphatic carbocycles. The second kappa shape index (κ2) is 22.0. The van der Waals surface area contributed by atoms with Crippen LogP contribution in [0.5, 0.6) is 0 Å². The molecule has 3 N–H and O–H groups in total. The summed E-state index contributed by atoms with van der Waals surface area (Å²) in [7, 11) is -24.0. The van der Waals surface area contributed by atoms with Crippen LogP contribution in [0.4, 0.5) is 158 Å². The van der Waals surface area contributed by atoms with Crippen molar-refractivity contribution in [1.82, 2.24) is 14.6 Å². The zero-order valence-electron chi connectivity index (χ0n) is 32.6. The number of rotatable bonds is 30. The van der Waals surface area contributed by atoms with E-state index in [1.165, 1.54) is 0 Å². The maximum atomic E-state index is 14.6. The van der Waals surface area contributed by atoms with Gasteiger partial charge in [0, 0.05) is 0 Å². The van der Waals surface area contributed by atoms with Crippen LogP contribution in [0.1, 0.15) is 0 Å². The molecule has 9 nitrogen and oxygen atoms in total. The van der Waals surface area contributed by atoms with Crippen molar-refractivity contribution < 1.29 is 185 Å². The Hall–Kier alpha value is -1.59. The van der Waals surface area contributed by atoms with Gasteiger partial charge in [-0.25, -0.2) is 52.7 Å².